The summed E-state index contributed by atoms with van der Waals surface area (Å²) in [7, 11) is 0. The maximum Gasteiger partial charge on any atom is 0.287 e. The molecule has 0 atom stereocenters. The Labute approximate surface area is 124 Å². The molecule has 0 saturated carbocycles. The molecule has 0 aromatic heterocycles. The van der Waals surface area contributed by atoms with Crippen molar-refractivity contribution >= 4 is 33.0 Å². The Balaban J connectivity index is 2.38. The number of benzene rings is 2. The van der Waals surface area contributed by atoms with Gasteiger partial charge < -0.3 is 5.32 Å². The van der Waals surface area contributed by atoms with Crippen LogP contribution in [-0.4, -0.2) is 4.92 Å². The molecule has 0 heterocycles. The zero-order chi connectivity index (χ0) is 14.7. The van der Waals surface area contributed by atoms with Gasteiger partial charge in [-0.1, -0.05) is 12.1 Å². The predicted octanol–water partition coefficient (Wildman–Crippen LogP) is 4.28. The third-order valence-corrected chi connectivity index (χ3v) is 3.84. The van der Waals surface area contributed by atoms with Gasteiger partial charge in [0.25, 0.3) is 5.69 Å². The van der Waals surface area contributed by atoms with Gasteiger partial charge in [-0.3, -0.25) is 10.1 Å². The van der Waals surface area contributed by atoms with E-state index in [0.29, 0.717) is 5.69 Å². The molecule has 100 valence electrons. The molecule has 1 N–H and O–H groups in total. The minimum atomic E-state index is -0.565. The molecule has 0 aliphatic carbocycles. The van der Waals surface area contributed by atoms with Crippen LogP contribution < -0.4 is 5.32 Å². The van der Waals surface area contributed by atoms with Crippen molar-refractivity contribution in [3.63, 3.8) is 0 Å². The molecule has 0 radical (unpaired) electrons. The second-order valence-electron chi connectivity index (χ2n) is 4.16. The van der Waals surface area contributed by atoms with Crippen molar-refractivity contribution in [3.8, 4) is 6.07 Å². The Morgan fingerprint density at radius 1 is 1.35 bits per heavy atom. The Morgan fingerprint density at radius 3 is 2.75 bits per heavy atom. The molecule has 2 rings (SSSR count). The van der Waals surface area contributed by atoms with Crippen molar-refractivity contribution in [2.75, 3.05) is 5.32 Å². The van der Waals surface area contributed by atoms with Crippen LogP contribution in [0.3, 0.4) is 0 Å². The summed E-state index contributed by atoms with van der Waals surface area (Å²) in [6, 6.07) is 11.9. The van der Waals surface area contributed by atoms with Crippen LogP contribution in [0.4, 0.5) is 17.1 Å². The van der Waals surface area contributed by atoms with Gasteiger partial charge in [0.2, 0.25) is 0 Å². The highest BCUT2D eigenvalue weighted by Crippen LogP contribution is 2.30. The van der Waals surface area contributed by atoms with E-state index in [1.165, 1.54) is 12.1 Å². The fraction of sp³-hybridized carbons (Fsp3) is 0.0714. The Bertz CT molecular complexity index is 723. The molecule has 0 amide bonds. The molecule has 0 aliphatic rings. The average molecular weight is 332 g/mol. The van der Waals surface area contributed by atoms with Gasteiger partial charge in [0.15, 0.2) is 0 Å². The number of aryl methyl sites for hydroxylation is 1. The number of nitriles is 1. The lowest BCUT2D eigenvalue weighted by Gasteiger charge is -2.10. The summed E-state index contributed by atoms with van der Waals surface area (Å²) in [5, 5.41) is 22.9. The minimum Gasteiger partial charge on any atom is -0.355 e. The molecular weight excluding hydrogens is 322 g/mol. The number of nitrogens with one attached hydrogen (secondary N) is 1. The fourth-order valence-electron chi connectivity index (χ4n) is 1.76. The van der Waals surface area contributed by atoms with E-state index in [2.05, 4.69) is 21.2 Å². The molecule has 20 heavy (non-hydrogen) atoms. The number of anilines is 2. The van der Waals surface area contributed by atoms with Gasteiger partial charge in [0, 0.05) is 16.2 Å². The number of nitro groups is 1. The molecule has 0 fully saturated rings. The van der Waals surface area contributed by atoms with E-state index in [9.17, 15) is 10.1 Å². The fourth-order valence-corrected chi connectivity index (χ4v) is 2.13. The average Bonchev–Trinajstić information content (AvgIpc) is 2.43. The molecule has 6 heteroatoms. The number of hydrogen-bond donors (Lipinski definition) is 1. The van der Waals surface area contributed by atoms with E-state index in [0.717, 1.165) is 15.7 Å². The third kappa shape index (κ3) is 2.78. The molecule has 5 nitrogen and oxygen atoms in total. The molecule has 0 unspecified atom stereocenters. The predicted molar refractivity (Wildman–Crippen MR) is 80.0 cm³/mol. The lowest BCUT2D eigenvalue weighted by molar-refractivity contribution is -0.385. The summed E-state index contributed by atoms with van der Waals surface area (Å²) in [5.74, 6) is 0. The second-order valence-corrected chi connectivity index (χ2v) is 4.96. The van der Waals surface area contributed by atoms with Gasteiger partial charge >= 0.3 is 0 Å². The maximum absolute atomic E-state index is 10.8. The van der Waals surface area contributed by atoms with Crippen LogP contribution in [0.2, 0.25) is 0 Å². The maximum atomic E-state index is 10.8. The van der Waals surface area contributed by atoms with Crippen molar-refractivity contribution in [2.45, 2.75) is 6.92 Å². The summed E-state index contributed by atoms with van der Waals surface area (Å²) in [5.41, 5.74) is 2.36. The second kappa shape index (κ2) is 5.72. The lowest BCUT2D eigenvalue weighted by atomic mass is 10.1. The summed E-state index contributed by atoms with van der Waals surface area (Å²) in [6.45, 7) is 1.96. The number of nitrogens with zero attached hydrogens (tertiary/aromatic N) is 2. The van der Waals surface area contributed by atoms with Crippen LogP contribution in [0, 0.1) is 28.4 Å². The number of halogens is 1. The Hall–Kier alpha value is -2.39. The van der Waals surface area contributed by atoms with E-state index in [4.69, 9.17) is 5.26 Å². The third-order valence-electron chi connectivity index (χ3n) is 2.78. The molecule has 2 aromatic rings. The Kier molecular flexibility index (Phi) is 4.01. The van der Waals surface area contributed by atoms with E-state index in [1.54, 1.807) is 6.07 Å². The largest absolute Gasteiger partial charge is 0.355 e. The van der Waals surface area contributed by atoms with Crippen LogP contribution in [0.1, 0.15) is 11.1 Å². The van der Waals surface area contributed by atoms with Crippen molar-refractivity contribution < 1.29 is 4.92 Å². The van der Waals surface area contributed by atoms with Crippen molar-refractivity contribution in [2.24, 2.45) is 0 Å². The van der Waals surface area contributed by atoms with Gasteiger partial charge in [-0.05, 0) is 46.6 Å². The quantitative estimate of drug-likeness (QED) is 0.672. The summed E-state index contributed by atoms with van der Waals surface area (Å²) in [4.78, 5) is 10.2. The zero-order valence-electron chi connectivity index (χ0n) is 10.6. The van der Waals surface area contributed by atoms with Gasteiger partial charge in [0.05, 0.1) is 10.6 Å². The SMILES string of the molecule is Cc1cccc(Nc2ccc([N+](=O)[O-])c(C#N)c2)c1Br. The van der Waals surface area contributed by atoms with Gasteiger partial charge in [-0.25, -0.2) is 0 Å². The van der Waals surface area contributed by atoms with Crippen LogP contribution in [0.15, 0.2) is 40.9 Å². The van der Waals surface area contributed by atoms with Gasteiger partial charge in [-0.15, -0.1) is 0 Å². The first-order valence-electron chi connectivity index (χ1n) is 5.73. The minimum absolute atomic E-state index is 0.0313. The Morgan fingerprint density at radius 2 is 2.10 bits per heavy atom. The smallest absolute Gasteiger partial charge is 0.287 e. The standard InChI is InChI=1S/C14H10BrN3O2/c1-9-3-2-4-12(14(9)15)17-11-5-6-13(18(19)20)10(7-11)8-16/h2-7,17H,1H3. The first-order valence-corrected chi connectivity index (χ1v) is 6.53. The molecule has 0 spiro atoms. The van der Waals surface area contributed by atoms with Gasteiger partial charge in [0.1, 0.15) is 11.6 Å². The van der Waals surface area contributed by atoms with Crippen LogP contribution >= 0.6 is 15.9 Å². The molecule has 0 aliphatic heterocycles. The van der Waals surface area contributed by atoms with E-state index in [1.807, 2.05) is 31.2 Å². The van der Waals surface area contributed by atoms with Crippen molar-refractivity contribution in [3.05, 3.63) is 62.1 Å². The highest BCUT2D eigenvalue weighted by atomic mass is 79.9. The van der Waals surface area contributed by atoms with E-state index >= 15 is 0 Å². The van der Waals surface area contributed by atoms with Crippen molar-refractivity contribution in [1.29, 1.82) is 5.26 Å². The first kappa shape index (κ1) is 14.0. The topological polar surface area (TPSA) is 79.0 Å². The zero-order valence-corrected chi connectivity index (χ0v) is 12.1. The normalized spacial score (nSPS) is 9.85. The number of hydrogen-bond acceptors (Lipinski definition) is 4. The molecule has 2 aromatic carbocycles. The summed E-state index contributed by atoms with van der Waals surface area (Å²) < 4.78 is 0.914. The van der Waals surface area contributed by atoms with E-state index < -0.39 is 4.92 Å². The van der Waals surface area contributed by atoms with Gasteiger partial charge in [-0.2, -0.15) is 5.26 Å². The summed E-state index contributed by atoms with van der Waals surface area (Å²) >= 11 is 3.48. The highest BCUT2D eigenvalue weighted by molar-refractivity contribution is 9.10. The molecule has 0 bridgehead atoms. The van der Waals surface area contributed by atoms with Crippen molar-refractivity contribution in [1.82, 2.24) is 0 Å². The van der Waals surface area contributed by atoms with E-state index in [-0.39, 0.29) is 11.3 Å². The lowest BCUT2D eigenvalue weighted by Crippen LogP contribution is -1.96. The monoisotopic (exact) mass is 331 g/mol. The molecule has 0 saturated heterocycles. The number of rotatable bonds is 3. The van der Waals surface area contributed by atoms with Crippen LogP contribution in [0.25, 0.3) is 0 Å². The highest BCUT2D eigenvalue weighted by Gasteiger charge is 2.14. The van der Waals surface area contributed by atoms with Crippen LogP contribution in [-0.2, 0) is 0 Å². The first-order chi connectivity index (χ1) is 9.52. The summed E-state index contributed by atoms with van der Waals surface area (Å²) in [6.07, 6.45) is 0. The van der Waals surface area contributed by atoms with Crippen LogP contribution in [0.5, 0.6) is 0 Å². The molecular formula is C14H10BrN3O2. The number of nitro benzene ring substituents is 1.